The number of hydrogen-bond donors (Lipinski definition) is 1. The van der Waals surface area contributed by atoms with Crippen LogP contribution in [0, 0.1) is 5.82 Å². The highest BCUT2D eigenvalue weighted by atomic mass is 79.9. The van der Waals surface area contributed by atoms with Crippen LogP contribution < -0.4 is 5.32 Å². The summed E-state index contributed by atoms with van der Waals surface area (Å²) in [6.45, 7) is 0. The molecule has 0 aliphatic carbocycles. The van der Waals surface area contributed by atoms with E-state index in [1.165, 1.54) is 12.1 Å². The average molecular weight is 333 g/mol. The van der Waals surface area contributed by atoms with Crippen LogP contribution in [0.3, 0.4) is 0 Å². The van der Waals surface area contributed by atoms with Gasteiger partial charge in [-0.05, 0) is 65.3 Å². The van der Waals surface area contributed by atoms with Crippen LogP contribution in [0.15, 0.2) is 39.4 Å². The molecule has 2 nitrogen and oxygen atoms in total. The third kappa shape index (κ3) is 3.13. The molecule has 1 heterocycles. The van der Waals surface area contributed by atoms with Crippen molar-refractivity contribution in [1.29, 1.82) is 0 Å². The van der Waals surface area contributed by atoms with Crippen molar-refractivity contribution in [1.82, 2.24) is 5.32 Å². The standard InChI is InChI=1S/C13H12BrClFNO/c1-17-11(12-4-5-13(14)18-12)7-8-6-9(16)2-3-10(8)15/h2-6,11,17H,7H2,1H3. The molecule has 96 valence electrons. The minimum Gasteiger partial charge on any atom is -0.453 e. The van der Waals surface area contributed by atoms with Crippen LogP contribution in [0.2, 0.25) is 5.02 Å². The van der Waals surface area contributed by atoms with Crippen molar-refractivity contribution in [3.8, 4) is 0 Å². The van der Waals surface area contributed by atoms with Gasteiger partial charge in [-0.25, -0.2) is 4.39 Å². The van der Waals surface area contributed by atoms with Gasteiger partial charge in [0.15, 0.2) is 4.67 Å². The SMILES string of the molecule is CNC(Cc1cc(F)ccc1Cl)c1ccc(Br)o1. The van der Waals surface area contributed by atoms with Gasteiger partial charge in [-0.15, -0.1) is 0 Å². The van der Waals surface area contributed by atoms with Gasteiger partial charge >= 0.3 is 0 Å². The Morgan fingerprint density at radius 3 is 2.78 bits per heavy atom. The minimum absolute atomic E-state index is 0.0457. The van der Waals surface area contributed by atoms with Crippen LogP contribution in [0.1, 0.15) is 17.4 Å². The summed E-state index contributed by atoms with van der Waals surface area (Å²) in [4.78, 5) is 0. The largest absolute Gasteiger partial charge is 0.453 e. The smallest absolute Gasteiger partial charge is 0.169 e. The highest BCUT2D eigenvalue weighted by Crippen LogP contribution is 2.26. The molecule has 2 aromatic rings. The van der Waals surface area contributed by atoms with Crippen LogP contribution in [0.5, 0.6) is 0 Å². The topological polar surface area (TPSA) is 25.2 Å². The van der Waals surface area contributed by atoms with Crippen LogP contribution in [0.25, 0.3) is 0 Å². The molecule has 5 heteroatoms. The Kier molecular flexibility index (Phi) is 4.43. The fourth-order valence-corrected chi connectivity index (χ4v) is 2.29. The molecule has 1 aromatic heterocycles. The maximum atomic E-state index is 13.2. The fourth-order valence-electron chi connectivity index (χ4n) is 1.78. The monoisotopic (exact) mass is 331 g/mol. The summed E-state index contributed by atoms with van der Waals surface area (Å²) < 4.78 is 19.4. The maximum Gasteiger partial charge on any atom is 0.169 e. The van der Waals surface area contributed by atoms with Crippen molar-refractivity contribution in [3.05, 3.63) is 57.2 Å². The van der Waals surface area contributed by atoms with Gasteiger partial charge in [-0.1, -0.05) is 11.6 Å². The Bertz CT molecular complexity index is 544. The van der Waals surface area contributed by atoms with Crippen LogP contribution in [-0.2, 0) is 6.42 Å². The van der Waals surface area contributed by atoms with Crippen molar-refractivity contribution >= 4 is 27.5 Å². The van der Waals surface area contributed by atoms with E-state index in [4.69, 9.17) is 16.0 Å². The van der Waals surface area contributed by atoms with E-state index >= 15 is 0 Å². The molecular formula is C13H12BrClFNO. The molecule has 1 N–H and O–H groups in total. The molecule has 0 radical (unpaired) electrons. The van der Waals surface area contributed by atoms with Gasteiger partial charge in [-0.3, -0.25) is 0 Å². The number of nitrogens with one attached hydrogen (secondary N) is 1. The number of benzene rings is 1. The summed E-state index contributed by atoms with van der Waals surface area (Å²) in [6, 6.07) is 8.02. The van der Waals surface area contributed by atoms with E-state index in [2.05, 4.69) is 21.2 Å². The first-order valence-electron chi connectivity index (χ1n) is 5.46. The lowest BCUT2D eigenvalue weighted by Crippen LogP contribution is -2.18. The first-order chi connectivity index (χ1) is 8.60. The van der Waals surface area contributed by atoms with Crippen LogP contribution in [0.4, 0.5) is 4.39 Å². The summed E-state index contributed by atoms with van der Waals surface area (Å²) >= 11 is 9.32. The second-order valence-electron chi connectivity index (χ2n) is 3.92. The van der Waals surface area contributed by atoms with Crippen molar-refractivity contribution in [2.24, 2.45) is 0 Å². The summed E-state index contributed by atoms with van der Waals surface area (Å²) in [5.74, 6) is 0.495. The zero-order valence-corrected chi connectivity index (χ0v) is 12.1. The highest BCUT2D eigenvalue weighted by molar-refractivity contribution is 9.10. The van der Waals surface area contributed by atoms with Gasteiger partial charge in [0.2, 0.25) is 0 Å². The molecule has 0 bridgehead atoms. The summed E-state index contributed by atoms with van der Waals surface area (Å²) in [7, 11) is 1.83. The Labute approximate surface area is 118 Å². The third-order valence-corrected chi connectivity index (χ3v) is 3.51. The van der Waals surface area contributed by atoms with E-state index in [9.17, 15) is 4.39 Å². The van der Waals surface area contributed by atoms with Crippen molar-refractivity contribution < 1.29 is 8.81 Å². The molecule has 1 aromatic carbocycles. The molecule has 0 fully saturated rings. The predicted octanol–water partition coefficient (Wildman–Crippen LogP) is 4.34. The van der Waals surface area contributed by atoms with Gasteiger partial charge < -0.3 is 9.73 Å². The minimum atomic E-state index is -0.287. The summed E-state index contributed by atoms with van der Waals surface area (Å²) in [5, 5.41) is 3.69. The molecule has 0 aliphatic heterocycles. The molecule has 0 amide bonds. The molecule has 0 aliphatic rings. The Balaban J connectivity index is 2.22. The Morgan fingerprint density at radius 1 is 1.39 bits per heavy atom. The summed E-state index contributed by atoms with van der Waals surface area (Å²) in [5.41, 5.74) is 0.753. The van der Waals surface area contributed by atoms with Gasteiger partial charge in [-0.2, -0.15) is 0 Å². The van der Waals surface area contributed by atoms with E-state index in [1.54, 1.807) is 6.07 Å². The van der Waals surface area contributed by atoms with Crippen molar-refractivity contribution in [2.45, 2.75) is 12.5 Å². The predicted molar refractivity (Wildman–Crippen MR) is 73.3 cm³/mol. The number of halogens is 3. The second-order valence-corrected chi connectivity index (χ2v) is 5.11. The Hall–Kier alpha value is -0.840. The van der Waals surface area contributed by atoms with Gasteiger partial charge in [0.05, 0.1) is 6.04 Å². The van der Waals surface area contributed by atoms with E-state index in [0.717, 1.165) is 11.3 Å². The number of hydrogen-bond acceptors (Lipinski definition) is 2. The lowest BCUT2D eigenvalue weighted by atomic mass is 10.0. The zero-order chi connectivity index (χ0) is 13.1. The van der Waals surface area contributed by atoms with Crippen molar-refractivity contribution in [3.63, 3.8) is 0 Å². The van der Waals surface area contributed by atoms with E-state index < -0.39 is 0 Å². The lowest BCUT2D eigenvalue weighted by molar-refractivity contribution is 0.416. The molecule has 0 saturated carbocycles. The molecule has 1 unspecified atom stereocenters. The third-order valence-electron chi connectivity index (χ3n) is 2.72. The van der Waals surface area contributed by atoms with E-state index in [0.29, 0.717) is 16.1 Å². The second kappa shape index (κ2) is 5.87. The zero-order valence-electron chi connectivity index (χ0n) is 9.71. The molecule has 18 heavy (non-hydrogen) atoms. The van der Waals surface area contributed by atoms with Gasteiger partial charge in [0, 0.05) is 5.02 Å². The molecule has 2 rings (SSSR count). The van der Waals surface area contributed by atoms with Crippen molar-refractivity contribution in [2.75, 3.05) is 7.05 Å². The van der Waals surface area contributed by atoms with E-state index in [-0.39, 0.29) is 11.9 Å². The molecular weight excluding hydrogens is 321 g/mol. The first kappa shape index (κ1) is 13.6. The number of likely N-dealkylation sites (N-methyl/N-ethyl adjacent to an activating group) is 1. The quantitative estimate of drug-likeness (QED) is 0.901. The number of rotatable bonds is 4. The molecule has 1 atom stereocenters. The first-order valence-corrected chi connectivity index (χ1v) is 6.63. The van der Waals surface area contributed by atoms with E-state index in [1.807, 2.05) is 19.2 Å². The molecule has 0 saturated heterocycles. The molecule has 0 spiro atoms. The lowest BCUT2D eigenvalue weighted by Gasteiger charge is -2.14. The Morgan fingerprint density at radius 2 is 2.17 bits per heavy atom. The maximum absolute atomic E-state index is 13.2. The van der Waals surface area contributed by atoms with Gasteiger partial charge in [0.1, 0.15) is 11.6 Å². The number of furan rings is 1. The van der Waals surface area contributed by atoms with Gasteiger partial charge in [0.25, 0.3) is 0 Å². The normalized spacial score (nSPS) is 12.7. The highest BCUT2D eigenvalue weighted by Gasteiger charge is 2.16. The summed E-state index contributed by atoms with van der Waals surface area (Å²) in [6.07, 6.45) is 0.563. The average Bonchev–Trinajstić information content (AvgIpc) is 2.77. The fraction of sp³-hybridized carbons (Fsp3) is 0.231. The van der Waals surface area contributed by atoms with Crippen LogP contribution in [-0.4, -0.2) is 7.05 Å². The van der Waals surface area contributed by atoms with Crippen LogP contribution >= 0.6 is 27.5 Å².